The number of halogens is 1. The number of allylic oxidation sites excluding steroid dienone is 1. The predicted molar refractivity (Wildman–Crippen MR) is 117 cm³/mol. The van der Waals surface area contributed by atoms with Gasteiger partial charge in [0, 0.05) is 11.4 Å². The second-order valence-electron chi connectivity index (χ2n) is 7.04. The van der Waals surface area contributed by atoms with Crippen molar-refractivity contribution in [2.45, 2.75) is 32.0 Å². The van der Waals surface area contributed by atoms with Crippen LogP contribution in [-0.2, 0) is 4.79 Å². The number of hydrogen-bond acceptors (Lipinski definition) is 5. The summed E-state index contributed by atoms with van der Waals surface area (Å²) in [6, 6.07) is 13.2. The molecule has 8 heteroatoms. The first-order valence-electron chi connectivity index (χ1n) is 9.67. The van der Waals surface area contributed by atoms with Gasteiger partial charge in [0.2, 0.25) is 11.1 Å². The van der Waals surface area contributed by atoms with Gasteiger partial charge < -0.3 is 10.6 Å². The molecule has 2 aromatic carbocycles. The van der Waals surface area contributed by atoms with E-state index in [1.165, 1.54) is 23.9 Å². The zero-order chi connectivity index (χ0) is 21.3. The van der Waals surface area contributed by atoms with Crippen molar-refractivity contribution in [3.05, 3.63) is 76.7 Å². The summed E-state index contributed by atoms with van der Waals surface area (Å²) in [5.41, 5.74) is 3.49. The Hall–Kier alpha value is -3.13. The molecule has 1 amide bonds. The number of carbonyl (C=O) groups is 1. The maximum absolute atomic E-state index is 14.1. The van der Waals surface area contributed by atoms with E-state index in [2.05, 4.69) is 20.7 Å². The van der Waals surface area contributed by atoms with Crippen LogP contribution in [0.1, 0.15) is 31.0 Å². The summed E-state index contributed by atoms with van der Waals surface area (Å²) < 4.78 is 15.7. The number of carbonyl (C=O) groups excluding carboxylic acids is 1. The zero-order valence-corrected chi connectivity index (χ0v) is 17.8. The third kappa shape index (κ3) is 3.95. The molecule has 1 aliphatic rings. The smallest absolute Gasteiger partial charge is 0.255 e. The highest BCUT2D eigenvalue weighted by Gasteiger charge is 2.34. The SMILES string of the molecule is CCSc1nc2n(n1)C(c1cccc(F)c1)C(C(=O)Nc1cccc(C)c1)=C(C)N2. The van der Waals surface area contributed by atoms with E-state index in [0.29, 0.717) is 33.6 Å². The van der Waals surface area contributed by atoms with Crippen molar-refractivity contribution in [2.24, 2.45) is 0 Å². The molecule has 2 N–H and O–H groups in total. The number of hydrogen-bond donors (Lipinski definition) is 2. The van der Waals surface area contributed by atoms with Crippen molar-refractivity contribution < 1.29 is 9.18 Å². The number of anilines is 2. The van der Waals surface area contributed by atoms with E-state index in [0.717, 1.165) is 11.3 Å². The van der Waals surface area contributed by atoms with Crippen LogP contribution in [0.25, 0.3) is 0 Å². The minimum Gasteiger partial charge on any atom is -0.328 e. The number of nitrogens with zero attached hydrogens (tertiary/aromatic N) is 3. The molecule has 6 nitrogen and oxygen atoms in total. The lowest BCUT2D eigenvalue weighted by Gasteiger charge is -2.28. The minimum atomic E-state index is -0.597. The van der Waals surface area contributed by atoms with E-state index >= 15 is 0 Å². The average molecular weight is 424 g/mol. The van der Waals surface area contributed by atoms with Gasteiger partial charge in [0.05, 0.1) is 5.57 Å². The van der Waals surface area contributed by atoms with Gasteiger partial charge in [0.25, 0.3) is 5.91 Å². The monoisotopic (exact) mass is 423 g/mol. The fraction of sp³-hybridized carbons (Fsp3) is 0.227. The van der Waals surface area contributed by atoms with Crippen LogP contribution in [0.4, 0.5) is 16.0 Å². The largest absolute Gasteiger partial charge is 0.328 e. The predicted octanol–water partition coefficient (Wildman–Crippen LogP) is 4.77. The first-order valence-corrected chi connectivity index (χ1v) is 10.7. The second-order valence-corrected chi connectivity index (χ2v) is 8.27. The Morgan fingerprint density at radius 3 is 2.77 bits per heavy atom. The fourth-order valence-corrected chi connectivity index (χ4v) is 4.08. The first-order chi connectivity index (χ1) is 14.5. The standard InChI is InChI=1S/C22H22FN5OS/c1-4-30-22-26-21-24-14(3)18(20(29)25-17-10-5-7-13(2)11-17)19(28(21)27-22)15-8-6-9-16(23)12-15/h5-12,19H,4H2,1-3H3,(H,25,29)(H,24,26,27). The number of aryl methyl sites for hydroxylation is 1. The van der Waals surface area contributed by atoms with Crippen molar-refractivity contribution in [3.63, 3.8) is 0 Å². The quantitative estimate of drug-likeness (QED) is 0.579. The molecule has 3 aromatic rings. The Kier molecular flexibility index (Phi) is 5.59. The molecular weight excluding hydrogens is 401 g/mol. The first kappa shape index (κ1) is 20.2. The van der Waals surface area contributed by atoms with Gasteiger partial charge >= 0.3 is 0 Å². The molecule has 1 aliphatic heterocycles. The zero-order valence-electron chi connectivity index (χ0n) is 16.9. The highest BCUT2D eigenvalue weighted by Crippen LogP contribution is 2.36. The molecule has 30 heavy (non-hydrogen) atoms. The summed E-state index contributed by atoms with van der Waals surface area (Å²) in [7, 11) is 0. The summed E-state index contributed by atoms with van der Waals surface area (Å²) in [6.07, 6.45) is 0. The van der Waals surface area contributed by atoms with Crippen LogP contribution in [0.5, 0.6) is 0 Å². The van der Waals surface area contributed by atoms with Gasteiger partial charge in [-0.1, -0.05) is 43.0 Å². The van der Waals surface area contributed by atoms with Crippen LogP contribution in [0.15, 0.2) is 65.0 Å². The molecule has 0 saturated carbocycles. The normalized spacial score (nSPS) is 15.5. The lowest BCUT2D eigenvalue weighted by Crippen LogP contribution is -2.31. The number of thioether (sulfide) groups is 1. The number of rotatable bonds is 5. The summed E-state index contributed by atoms with van der Waals surface area (Å²) in [5.74, 6) is 0.712. The molecule has 0 radical (unpaired) electrons. The van der Waals surface area contributed by atoms with Crippen LogP contribution in [0.2, 0.25) is 0 Å². The van der Waals surface area contributed by atoms with E-state index < -0.39 is 6.04 Å². The van der Waals surface area contributed by atoms with Crippen LogP contribution in [-0.4, -0.2) is 26.4 Å². The van der Waals surface area contributed by atoms with Gasteiger partial charge in [-0.05, 0) is 55.0 Å². The van der Waals surface area contributed by atoms with E-state index in [1.54, 1.807) is 16.8 Å². The molecule has 0 saturated heterocycles. The van der Waals surface area contributed by atoms with Gasteiger partial charge in [0.1, 0.15) is 11.9 Å². The number of benzene rings is 2. The molecule has 2 heterocycles. The fourth-order valence-electron chi connectivity index (χ4n) is 3.52. The summed E-state index contributed by atoms with van der Waals surface area (Å²) >= 11 is 1.51. The molecule has 1 atom stereocenters. The molecule has 154 valence electrons. The molecule has 1 unspecified atom stereocenters. The maximum atomic E-state index is 14.1. The Labute approximate surface area is 178 Å². The van der Waals surface area contributed by atoms with Crippen molar-refractivity contribution in [3.8, 4) is 0 Å². The number of aromatic nitrogens is 3. The average Bonchev–Trinajstić information content (AvgIpc) is 3.09. The molecule has 0 aliphatic carbocycles. The van der Waals surface area contributed by atoms with Crippen LogP contribution in [0, 0.1) is 12.7 Å². The Morgan fingerprint density at radius 2 is 2.03 bits per heavy atom. The maximum Gasteiger partial charge on any atom is 0.255 e. The molecule has 4 rings (SSSR count). The Bertz CT molecular complexity index is 1140. The number of nitrogens with one attached hydrogen (secondary N) is 2. The summed E-state index contributed by atoms with van der Waals surface area (Å²) in [5, 5.41) is 11.3. The molecule has 0 bridgehead atoms. The lowest BCUT2D eigenvalue weighted by molar-refractivity contribution is -0.113. The molecular formula is C22H22FN5OS. The van der Waals surface area contributed by atoms with E-state index in [9.17, 15) is 9.18 Å². The Morgan fingerprint density at radius 1 is 1.23 bits per heavy atom. The van der Waals surface area contributed by atoms with Gasteiger partial charge in [0.15, 0.2) is 0 Å². The van der Waals surface area contributed by atoms with Gasteiger partial charge in [-0.25, -0.2) is 9.07 Å². The van der Waals surface area contributed by atoms with Crippen molar-refractivity contribution in [2.75, 3.05) is 16.4 Å². The third-order valence-corrected chi connectivity index (χ3v) is 5.51. The van der Waals surface area contributed by atoms with E-state index in [4.69, 9.17) is 0 Å². The van der Waals surface area contributed by atoms with E-state index in [1.807, 2.05) is 45.0 Å². The van der Waals surface area contributed by atoms with Gasteiger partial charge in [-0.15, -0.1) is 5.10 Å². The van der Waals surface area contributed by atoms with Crippen molar-refractivity contribution in [1.29, 1.82) is 0 Å². The minimum absolute atomic E-state index is 0.272. The van der Waals surface area contributed by atoms with Gasteiger partial charge in [-0.2, -0.15) is 4.98 Å². The third-order valence-electron chi connectivity index (χ3n) is 4.79. The van der Waals surface area contributed by atoms with Crippen molar-refractivity contribution >= 4 is 29.3 Å². The van der Waals surface area contributed by atoms with Crippen LogP contribution < -0.4 is 10.6 Å². The second kappa shape index (κ2) is 8.31. The summed E-state index contributed by atoms with van der Waals surface area (Å²) in [6.45, 7) is 5.81. The molecule has 0 spiro atoms. The highest BCUT2D eigenvalue weighted by atomic mass is 32.2. The number of fused-ring (bicyclic) bond motifs is 1. The van der Waals surface area contributed by atoms with Crippen LogP contribution in [0.3, 0.4) is 0 Å². The highest BCUT2D eigenvalue weighted by molar-refractivity contribution is 7.99. The van der Waals surface area contributed by atoms with Crippen molar-refractivity contribution in [1.82, 2.24) is 14.8 Å². The van der Waals surface area contributed by atoms with Crippen LogP contribution >= 0.6 is 11.8 Å². The topological polar surface area (TPSA) is 71.8 Å². The number of amides is 1. The van der Waals surface area contributed by atoms with Gasteiger partial charge in [-0.3, -0.25) is 4.79 Å². The molecule has 1 aromatic heterocycles. The molecule has 0 fully saturated rings. The Balaban J connectivity index is 1.78. The lowest BCUT2D eigenvalue weighted by atomic mass is 9.95. The van der Waals surface area contributed by atoms with E-state index in [-0.39, 0.29) is 11.7 Å². The summed E-state index contributed by atoms with van der Waals surface area (Å²) in [4.78, 5) is 17.9.